The van der Waals surface area contributed by atoms with Crippen LogP contribution in [0.2, 0.25) is 5.02 Å². The highest BCUT2D eigenvalue weighted by molar-refractivity contribution is 7.98. The first kappa shape index (κ1) is 20.8. The first-order chi connectivity index (χ1) is 14.6. The van der Waals surface area contributed by atoms with Crippen LogP contribution in [-0.2, 0) is 17.0 Å². The van der Waals surface area contributed by atoms with Gasteiger partial charge in [0, 0.05) is 49.2 Å². The molecule has 3 aromatic heterocycles. The molecule has 0 unspecified atom stereocenters. The Bertz CT molecular complexity index is 1170. The van der Waals surface area contributed by atoms with Crippen molar-refractivity contribution < 1.29 is 4.74 Å². The standard InChI is InChI=1S/C21H23ClN6OS/c1-14-11-15(2)28-12-16(24-20(28)23-14)13-30-21-26-25-19(27(21)9-6-10-29-3)17-7-4-5-8-18(17)22/h4-5,7-8,11-12H,6,9-10,13H2,1-3H3. The van der Waals surface area contributed by atoms with Crippen LogP contribution in [0.15, 0.2) is 41.7 Å². The van der Waals surface area contributed by atoms with Gasteiger partial charge in [0.1, 0.15) is 0 Å². The zero-order chi connectivity index (χ0) is 21.1. The van der Waals surface area contributed by atoms with Crippen molar-refractivity contribution in [1.82, 2.24) is 29.1 Å². The van der Waals surface area contributed by atoms with E-state index in [-0.39, 0.29) is 0 Å². The molecule has 9 heteroatoms. The first-order valence-corrected chi connectivity index (χ1v) is 11.0. The van der Waals surface area contributed by atoms with Gasteiger partial charge in [-0.25, -0.2) is 9.97 Å². The van der Waals surface area contributed by atoms with Gasteiger partial charge in [0.25, 0.3) is 0 Å². The summed E-state index contributed by atoms with van der Waals surface area (Å²) >= 11 is 8.02. The average molecular weight is 443 g/mol. The predicted octanol–water partition coefficient (Wildman–Crippen LogP) is 4.59. The van der Waals surface area contributed by atoms with Crippen LogP contribution < -0.4 is 0 Å². The Morgan fingerprint density at radius 2 is 1.97 bits per heavy atom. The number of thioether (sulfide) groups is 1. The van der Waals surface area contributed by atoms with Gasteiger partial charge < -0.3 is 9.30 Å². The van der Waals surface area contributed by atoms with E-state index in [1.807, 2.05) is 47.9 Å². The number of aryl methyl sites for hydroxylation is 2. The van der Waals surface area contributed by atoms with E-state index in [1.54, 1.807) is 18.9 Å². The first-order valence-electron chi connectivity index (χ1n) is 9.69. The minimum absolute atomic E-state index is 0.659. The van der Waals surface area contributed by atoms with E-state index in [0.29, 0.717) is 17.4 Å². The van der Waals surface area contributed by atoms with Crippen molar-refractivity contribution in [3.8, 4) is 11.4 Å². The van der Waals surface area contributed by atoms with Gasteiger partial charge in [-0.1, -0.05) is 35.5 Å². The number of hydrogen-bond donors (Lipinski definition) is 0. The highest BCUT2D eigenvalue weighted by Crippen LogP contribution is 2.30. The SMILES string of the molecule is COCCCn1c(SCc2cn3c(C)cc(C)nc3n2)nnc1-c1ccccc1Cl. The van der Waals surface area contributed by atoms with Gasteiger partial charge in [-0.3, -0.25) is 4.40 Å². The summed E-state index contributed by atoms with van der Waals surface area (Å²) in [6, 6.07) is 9.75. The molecule has 0 saturated carbocycles. The van der Waals surface area contributed by atoms with E-state index in [4.69, 9.17) is 16.3 Å². The summed E-state index contributed by atoms with van der Waals surface area (Å²) in [4.78, 5) is 9.18. The maximum absolute atomic E-state index is 6.41. The van der Waals surface area contributed by atoms with E-state index in [2.05, 4.69) is 31.7 Å². The summed E-state index contributed by atoms with van der Waals surface area (Å²) in [5.41, 5.74) is 3.91. The lowest BCUT2D eigenvalue weighted by Crippen LogP contribution is -2.05. The molecule has 0 amide bonds. The minimum Gasteiger partial charge on any atom is -0.385 e. The fraction of sp³-hybridized carbons (Fsp3) is 0.333. The zero-order valence-corrected chi connectivity index (χ0v) is 18.7. The molecule has 0 radical (unpaired) electrons. The lowest BCUT2D eigenvalue weighted by atomic mass is 10.2. The summed E-state index contributed by atoms with van der Waals surface area (Å²) in [5, 5.41) is 10.4. The lowest BCUT2D eigenvalue weighted by Gasteiger charge is -2.10. The van der Waals surface area contributed by atoms with Gasteiger partial charge in [-0.05, 0) is 38.5 Å². The summed E-state index contributed by atoms with van der Waals surface area (Å²) in [6.07, 6.45) is 2.89. The normalized spacial score (nSPS) is 11.5. The summed E-state index contributed by atoms with van der Waals surface area (Å²) < 4.78 is 9.35. The van der Waals surface area contributed by atoms with Crippen LogP contribution in [0, 0.1) is 13.8 Å². The second-order valence-electron chi connectivity index (χ2n) is 7.01. The van der Waals surface area contributed by atoms with E-state index < -0.39 is 0 Å². The van der Waals surface area contributed by atoms with Crippen LogP contribution in [0.3, 0.4) is 0 Å². The molecule has 4 aromatic rings. The molecule has 4 rings (SSSR count). The third kappa shape index (κ3) is 4.35. The van der Waals surface area contributed by atoms with E-state index >= 15 is 0 Å². The van der Waals surface area contributed by atoms with Gasteiger partial charge in [0.2, 0.25) is 5.78 Å². The largest absolute Gasteiger partial charge is 0.385 e. The van der Waals surface area contributed by atoms with Crippen LogP contribution in [0.25, 0.3) is 17.2 Å². The van der Waals surface area contributed by atoms with E-state index in [1.165, 1.54) is 0 Å². The Morgan fingerprint density at radius 1 is 1.13 bits per heavy atom. The van der Waals surface area contributed by atoms with E-state index in [0.717, 1.165) is 52.4 Å². The molecule has 1 aromatic carbocycles. The summed E-state index contributed by atoms with van der Waals surface area (Å²) in [6.45, 7) is 5.45. The van der Waals surface area contributed by atoms with Crippen molar-refractivity contribution in [2.24, 2.45) is 0 Å². The van der Waals surface area contributed by atoms with Crippen molar-refractivity contribution >= 4 is 29.1 Å². The molecule has 0 atom stereocenters. The van der Waals surface area contributed by atoms with Crippen LogP contribution in [-0.4, -0.2) is 42.8 Å². The molecule has 3 heterocycles. The summed E-state index contributed by atoms with van der Waals surface area (Å²) in [5.74, 6) is 2.16. The monoisotopic (exact) mass is 442 g/mol. The molecule has 7 nitrogen and oxygen atoms in total. The molecule has 0 aliphatic rings. The lowest BCUT2D eigenvalue weighted by molar-refractivity contribution is 0.189. The fourth-order valence-electron chi connectivity index (χ4n) is 3.33. The number of aromatic nitrogens is 6. The second-order valence-corrected chi connectivity index (χ2v) is 8.36. The van der Waals surface area contributed by atoms with Crippen molar-refractivity contribution in [1.29, 1.82) is 0 Å². The second kappa shape index (κ2) is 9.16. The van der Waals surface area contributed by atoms with Crippen molar-refractivity contribution in [2.45, 2.75) is 37.7 Å². The van der Waals surface area contributed by atoms with Crippen molar-refractivity contribution in [3.05, 3.63) is 58.6 Å². The molecule has 0 spiro atoms. The smallest absolute Gasteiger partial charge is 0.234 e. The van der Waals surface area contributed by atoms with Crippen LogP contribution in [0.4, 0.5) is 0 Å². The number of benzene rings is 1. The number of imidazole rings is 1. The molecular weight excluding hydrogens is 420 g/mol. The van der Waals surface area contributed by atoms with Crippen LogP contribution in [0.1, 0.15) is 23.5 Å². The van der Waals surface area contributed by atoms with Gasteiger partial charge in [0.15, 0.2) is 11.0 Å². The molecule has 0 aliphatic carbocycles. The molecule has 0 fully saturated rings. The number of fused-ring (bicyclic) bond motifs is 1. The topological polar surface area (TPSA) is 70.1 Å². The zero-order valence-electron chi connectivity index (χ0n) is 17.2. The summed E-state index contributed by atoms with van der Waals surface area (Å²) in [7, 11) is 1.71. The number of methoxy groups -OCH3 is 1. The third-order valence-corrected chi connectivity index (χ3v) is 6.05. The Kier molecular flexibility index (Phi) is 6.36. The molecule has 156 valence electrons. The van der Waals surface area contributed by atoms with E-state index in [9.17, 15) is 0 Å². The quantitative estimate of drug-likeness (QED) is 0.293. The van der Waals surface area contributed by atoms with Crippen LogP contribution in [0.5, 0.6) is 0 Å². The van der Waals surface area contributed by atoms with Crippen LogP contribution >= 0.6 is 23.4 Å². The number of rotatable bonds is 8. The van der Waals surface area contributed by atoms with Crippen molar-refractivity contribution in [3.63, 3.8) is 0 Å². The molecule has 0 saturated heterocycles. The number of hydrogen-bond acceptors (Lipinski definition) is 6. The molecule has 0 aliphatic heterocycles. The van der Waals surface area contributed by atoms with Gasteiger partial charge in [-0.2, -0.15) is 0 Å². The highest BCUT2D eigenvalue weighted by atomic mass is 35.5. The molecule has 30 heavy (non-hydrogen) atoms. The van der Waals surface area contributed by atoms with Crippen molar-refractivity contribution in [2.75, 3.05) is 13.7 Å². The third-order valence-electron chi connectivity index (χ3n) is 4.72. The molecular formula is C21H23ClN6OS. The van der Waals surface area contributed by atoms with Gasteiger partial charge >= 0.3 is 0 Å². The fourth-order valence-corrected chi connectivity index (χ4v) is 4.40. The maximum atomic E-state index is 6.41. The number of halogens is 1. The highest BCUT2D eigenvalue weighted by Gasteiger charge is 2.17. The minimum atomic E-state index is 0.659. The number of ether oxygens (including phenoxy) is 1. The average Bonchev–Trinajstić information content (AvgIpc) is 3.31. The Labute approximate surface area is 184 Å². The molecule has 0 N–H and O–H groups in total. The number of nitrogens with zero attached hydrogens (tertiary/aromatic N) is 6. The Hall–Kier alpha value is -2.42. The van der Waals surface area contributed by atoms with Gasteiger partial charge in [0.05, 0.1) is 10.7 Å². The Morgan fingerprint density at radius 3 is 2.77 bits per heavy atom. The molecule has 0 bridgehead atoms. The predicted molar refractivity (Wildman–Crippen MR) is 119 cm³/mol. The maximum Gasteiger partial charge on any atom is 0.234 e. The Balaban J connectivity index is 1.60. The van der Waals surface area contributed by atoms with Gasteiger partial charge in [-0.15, -0.1) is 10.2 Å².